The van der Waals surface area contributed by atoms with Crippen LogP contribution in [0.4, 0.5) is 0 Å². The average Bonchev–Trinajstić information content (AvgIpc) is 2.69. The fourth-order valence-corrected chi connectivity index (χ4v) is 4.54. The smallest absolute Gasteiger partial charge is 0.0604 e. The Morgan fingerprint density at radius 1 is 1.06 bits per heavy atom. The summed E-state index contributed by atoms with van der Waals surface area (Å²) >= 11 is 12.4. The second-order valence-corrected chi connectivity index (χ2v) is 6.93. The molecule has 1 unspecified atom stereocenters. The predicted molar refractivity (Wildman–Crippen MR) is 84.8 cm³/mol. The molecule has 0 saturated heterocycles. The van der Waals surface area contributed by atoms with Gasteiger partial charge in [0.25, 0.3) is 0 Å². The maximum atomic E-state index is 3.62. The molecule has 0 aliphatic rings. The largest absolute Gasteiger partial charge is 0.309 e. The summed E-state index contributed by atoms with van der Waals surface area (Å²) in [7, 11) is 1.98. The van der Waals surface area contributed by atoms with Crippen LogP contribution in [0.1, 0.15) is 17.2 Å². The molecule has 0 amide bonds. The van der Waals surface area contributed by atoms with Gasteiger partial charge in [0.1, 0.15) is 0 Å². The van der Waals surface area contributed by atoms with Gasteiger partial charge in [0, 0.05) is 18.8 Å². The van der Waals surface area contributed by atoms with E-state index in [0.29, 0.717) is 0 Å². The molecule has 17 heavy (non-hydrogen) atoms. The molecule has 1 heterocycles. The van der Waals surface area contributed by atoms with E-state index in [1.165, 1.54) is 11.1 Å². The minimum absolute atomic E-state index is 0.193. The highest BCUT2D eigenvalue weighted by Gasteiger charge is 2.18. The summed E-state index contributed by atoms with van der Waals surface area (Å²) in [6.07, 6.45) is 0. The van der Waals surface area contributed by atoms with Gasteiger partial charge in [0.15, 0.2) is 0 Å². The van der Waals surface area contributed by atoms with Gasteiger partial charge in [-0.05, 0) is 51.6 Å². The van der Waals surface area contributed by atoms with Gasteiger partial charge < -0.3 is 5.32 Å². The summed E-state index contributed by atoms with van der Waals surface area (Å²) in [6.45, 7) is 0. The molecule has 0 aliphatic carbocycles. The van der Waals surface area contributed by atoms with E-state index in [1.54, 1.807) is 11.3 Å². The maximum absolute atomic E-state index is 3.62. The number of benzene rings is 1. The third-order valence-electron chi connectivity index (χ3n) is 2.52. The van der Waals surface area contributed by atoms with E-state index in [4.69, 9.17) is 0 Å². The predicted octanol–water partition coefficient (Wildman–Crippen LogP) is 5.34. The zero-order valence-electron chi connectivity index (χ0n) is 9.01. The summed E-state index contributed by atoms with van der Waals surface area (Å²) in [4.78, 5) is 0. The number of hydrogen-bond donors (Lipinski definition) is 1. The number of hydrogen-bond acceptors (Lipinski definition) is 2. The van der Waals surface area contributed by atoms with E-state index < -0.39 is 0 Å². The minimum atomic E-state index is 0.193. The van der Waals surface area contributed by atoms with Crippen LogP contribution >= 0.6 is 59.1 Å². The summed E-state index contributed by atoms with van der Waals surface area (Å²) in [5, 5.41) is 7.62. The fourth-order valence-electron chi connectivity index (χ4n) is 1.71. The lowest BCUT2D eigenvalue weighted by atomic mass is 10.0. The van der Waals surface area contributed by atoms with Crippen molar-refractivity contribution >= 4 is 59.1 Å². The number of halogens is 3. The maximum Gasteiger partial charge on any atom is 0.0604 e. The second kappa shape index (κ2) is 5.97. The molecule has 1 N–H and O–H groups in total. The molecule has 0 spiro atoms. The Morgan fingerprint density at radius 3 is 2.35 bits per heavy atom. The molecule has 2 aromatic rings. The van der Waals surface area contributed by atoms with Gasteiger partial charge in [0.2, 0.25) is 0 Å². The highest BCUT2D eigenvalue weighted by Crippen LogP contribution is 2.35. The molecule has 0 saturated carbocycles. The van der Waals surface area contributed by atoms with Crippen molar-refractivity contribution in [3.8, 4) is 0 Å². The van der Waals surface area contributed by atoms with Gasteiger partial charge in [-0.2, -0.15) is 11.3 Å². The average molecular weight is 440 g/mol. The second-order valence-electron chi connectivity index (χ2n) is 3.56. The normalized spacial score (nSPS) is 12.7. The first kappa shape index (κ1) is 13.7. The Bertz CT molecular complexity index is 524. The SMILES string of the molecule is CNC(c1ccc(Br)cc1Br)c1cscc1Br. The highest BCUT2D eigenvalue weighted by molar-refractivity contribution is 9.11. The molecule has 5 heteroatoms. The summed E-state index contributed by atoms with van der Waals surface area (Å²) in [5.74, 6) is 0. The topological polar surface area (TPSA) is 12.0 Å². The van der Waals surface area contributed by atoms with Crippen LogP contribution in [0.15, 0.2) is 42.4 Å². The van der Waals surface area contributed by atoms with Crippen molar-refractivity contribution in [2.45, 2.75) is 6.04 Å². The Hall–Kier alpha value is 0.320. The third kappa shape index (κ3) is 3.01. The summed E-state index contributed by atoms with van der Waals surface area (Å²) in [6, 6.07) is 6.45. The lowest BCUT2D eigenvalue weighted by Crippen LogP contribution is -2.17. The van der Waals surface area contributed by atoms with Crippen LogP contribution in [0, 0.1) is 0 Å². The van der Waals surface area contributed by atoms with E-state index in [9.17, 15) is 0 Å². The molecule has 0 fully saturated rings. The Morgan fingerprint density at radius 2 is 1.82 bits per heavy atom. The zero-order valence-corrected chi connectivity index (χ0v) is 14.6. The van der Waals surface area contributed by atoms with E-state index in [0.717, 1.165) is 13.4 Å². The molecule has 0 radical (unpaired) electrons. The Labute approximate surface area is 130 Å². The van der Waals surface area contributed by atoms with E-state index >= 15 is 0 Å². The van der Waals surface area contributed by atoms with Crippen molar-refractivity contribution in [3.05, 3.63) is 53.5 Å². The molecule has 0 bridgehead atoms. The van der Waals surface area contributed by atoms with Crippen LogP contribution in [0.2, 0.25) is 0 Å². The van der Waals surface area contributed by atoms with E-state index in [1.807, 2.05) is 7.05 Å². The first-order chi connectivity index (χ1) is 8.13. The zero-order chi connectivity index (χ0) is 12.4. The molecule has 90 valence electrons. The van der Waals surface area contributed by atoms with E-state index in [2.05, 4.69) is 82.1 Å². The number of rotatable bonds is 3. The first-order valence-electron chi connectivity index (χ1n) is 4.97. The molecule has 1 atom stereocenters. The van der Waals surface area contributed by atoms with Crippen molar-refractivity contribution in [2.24, 2.45) is 0 Å². The third-order valence-corrected chi connectivity index (χ3v) is 5.45. The van der Waals surface area contributed by atoms with Crippen LogP contribution in [-0.2, 0) is 0 Å². The van der Waals surface area contributed by atoms with Crippen LogP contribution in [-0.4, -0.2) is 7.05 Å². The number of thiophene rings is 1. The Balaban J connectivity index is 2.46. The van der Waals surface area contributed by atoms with Crippen LogP contribution in [0.5, 0.6) is 0 Å². The standard InChI is InChI=1S/C12H10Br3NS/c1-16-12(9-5-17-6-11(9)15)8-3-2-7(13)4-10(8)14/h2-6,12,16H,1H3. The van der Waals surface area contributed by atoms with Crippen molar-refractivity contribution < 1.29 is 0 Å². The van der Waals surface area contributed by atoms with Gasteiger partial charge in [-0.25, -0.2) is 0 Å². The summed E-state index contributed by atoms with van der Waals surface area (Å²) in [5.41, 5.74) is 2.50. The van der Waals surface area contributed by atoms with Crippen molar-refractivity contribution in [1.82, 2.24) is 5.32 Å². The van der Waals surface area contributed by atoms with Gasteiger partial charge in [0.05, 0.1) is 6.04 Å². The van der Waals surface area contributed by atoms with Crippen molar-refractivity contribution in [1.29, 1.82) is 0 Å². The van der Waals surface area contributed by atoms with Crippen LogP contribution in [0.3, 0.4) is 0 Å². The molecular weight excluding hydrogens is 430 g/mol. The Kier molecular flexibility index (Phi) is 4.83. The highest BCUT2D eigenvalue weighted by atomic mass is 79.9. The molecular formula is C12H10Br3NS. The lowest BCUT2D eigenvalue weighted by molar-refractivity contribution is 0.688. The molecule has 1 aromatic heterocycles. The fraction of sp³-hybridized carbons (Fsp3) is 0.167. The van der Waals surface area contributed by atoms with Crippen molar-refractivity contribution in [2.75, 3.05) is 7.05 Å². The molecule has 1 nitrogen and oxygen atoms in total. The molecule has 0 aliphatic heterocycles. The van der Waals surface area contributed by atoms with E-state index in [-0.39, 0.29) is 6.04 Å². The van der Waals surface area contributed by atoms with Crippen LogP contribution in [0.25, 0.3) is 0 Å². The first-order valence-corrected chi connectivity index (χ1v) is 8.29. The monoisotopic (exact) mass is 437 g/mol. The molecule has 1 aromatic carbocycles. The minimum Gasteiger partial charge on any atom is -0.309 e. The van der Waals surface area contributed by atoms with Crippen LogP contribution < -0.4 is 5.32 Å². The van der Waals surface area contributed by atoms with Gasteiger partial charge in [-0.3, -0.25) is 0 Å². The number of nitrogens with one attached hydrogen (secondary N) is 1. The van der Waals surface area contributed by atoms with Gasteiger partial charge in [-0.1, -0.05) is 37.9 Å². The molecule has 2 rings (SSSR count). The lowest BCUT2D eigenvalue weighted by Gasteiger charge is -2.18. The summed E-state index contributed by atoms with van der Waals surface area (Å²) < 4.78 is 3.33. The quantitative estimate of drug-likeness (QED) is 0.680. The van der Waals surface area contributed by atoms with Crippen molar-refractivity contribution in [3.63, 3.8) is 0 Å². The van der Waals surface area contributed by atoms with Gasteiger partial charge in [-0.15, -0.1) is 0 Å². The van der Waals surface area contributed by atoms with Gasteiger partial charge >= 0.3 is 0 Å².